The van der Waals surface area contributed by atoms with Gasteiger partial charge in [-0.2, -0.15) is 13.2 Å². The molecule has 2 aromatic carbocycles. The summed E-state index contributed by atoms with van der Waals surface area (Å²) < 4.78 is 44.7. The number of fused-ring (bicyclic) bond motifs is 2. The Kier molecular flexibility index (Phi) is 6.51. The van der Waals surface area contributed by atoms with Crippen molar-refractivity contribution < 1.29 is 22.7 Å². The molecule has 1 saturated carbocycles. The van der Waals surface area contributed by atoms with Crippen LogP contribution in [0.2, 0.25) is 0 Å². The van der Waals surface area contributed by atoms with Crippen LogP contribution in [0.3, 0.4) is 0 Å². The molecule has 2 aliphatic heterocycles. The topological polar surface area (TPSA) is 80.0 Å². The first kappa shape index (κ1) is 24.4. The fourth-order valence-corrected chi connectivity index (χ4v) is 5.29. The van der Waals surface area contributed by atoms with Crippen LogP contribution in [0.5, 0.6) is 5.75 Å². The quantitative estimate of drug-likeness (QED) is 0.546. The summed E-state index contributed by atoms with van der Waals surface area (Å²) in [6.07, 6.45) is 2.13. The molecule has 1 saturated heterocycles. The molecule has 0 unspecified atom stereocenters. The lowest BCUT2D eigenvalue weighted by molar-refractivity contribution is -0.149. The van der Waals surface area contributed by atoms with Crippen molar-refractivity contribution in [2.75, 3.05) is 25.0 Å². The van der Waals surface area contributed by atoms with Crippen LogP contribution in [0, 0.1) is 0 Å². The van der Waals surface area contributed by atoms with Crippen LogP contribution in [-0.4, -0.2) is 48.4 Å². The molecule has 1 aliphatic carbocycles. The van der Waals surface area contributed by atoms with E-state index in [9.17, 15) is 18.0 Å². The molecule has 1 amide bonds. The van der Waals surface area contributed by atoms with Crippen LogP contribution in [0.1, 0.15) is 43.2 Å². The average Bonchev–Trinajstić information content (AvgIpc) is 3.12. The summed E-state index contributed by atoms with van der Waals surface area (Å²) in [5.74, 6) is 0.502. The lowest BCUT2D eigenvalue weighted by Gasteiger charge is -2.36. The number of benzene rings is 2. The van der Waals surface area contributed by atoms with Gasteiger partial charge >= 0.3 is 6.18 Å². The number of alkyl halides is 3. The van der Waals surface area contributed by atoms with Crippen molar-refractivity contribution in [3.8, 4) is 5.75 Å². The minimum Gasteiger partial charge on any atom is -0.488 e. The van der Waals surface area contributed by atoms with Gasteiger partial charge in [-0.15, -0.1) is 0 Å². The van der Waals surface area contributed by atoms with Gasteiger partial charge in [-0.1, -0.05) is 24.6 Å². The van der Waals surface area contributed by atoms with Crippen LogP contribution >= 0.6 is 0 Å². The summed E-state index contributed by atoms with van der Waals surface area (Å²) in [5.41, 5.74) is 8.90. The molecular weight excluding hydrogens is 469 g/mol. The summed E-state index contributed by atoms with van der Waals surface area (Å²) in [5, 5.41) is 3.03. The van der Waals surface area contributed by atoms with E-state index in [-0.39, 0.29) is 12.0 Å². The molecule has 1 spiro atoms. The molecular formula is C27H29F3N4O2. The average molecular weight is 499 g/mol. The van der Waals surface area contributed by atoms with E-state index in [0.29, 0.717) is 43.1 Å². The zero-order valence-corrected chi connectivity index (χ0v) is 19.9. The Morgan fingerprint density at radius 2 is 1.92 bits per heavy atom. The van der Waals surface area contributed by atoms with E-state index >= 15 is 0 Å². The first-order chi connectivity index (χ1) is 17.3. The number of amides is 1. The molecule has 0 atom stereocenters. The van der Waals surface area contributed by atoms with E-state index < -0.39 is 18.1 Å². The Bertz CT molecular complexity index is 1180. The highest BCUT2D eigenvalue weighted by molar-refractivity contribution is 6.13. The minimum atomic E-state index is -4.21. The molecule has 2 aromatic rings. The van der Waals surface area contributed by atoms with Gasteiger partial charge < -0.3 is 15.8 Å². The van der Waals surface area contributed by atoms with E-state index in [2.05, 4.69) is 5.32 Å². The summed E-state index contributed by atoms with van der Waals surface area (Å²) in [6, 6.07) is 13.3. The van der Waals surface area contributed by atoms with Crippen molar-refractivity contribution in [3.63, 3.8) is 0 Å². The molecule has 3 N–H and O–H groups in total. The van der Waals surface area contributed by atoms with Crippen molar-refractivity contribution in [3.05, 3.63) is 65.9 Å². The van der Waals surface area contributed by atoms with Gasteiger partial charge in [0.25, 0.3) is 0 Å². The Morgan fingerprint density at radius 1 is 1.19 bits per heavy atom. The third kappa shape index (κ3) is 4.84. The Labute approximate surface area is 208 Å². The molecule has 190 valence electrons. The zero-order chi connectivity index (χ0) is 25.3. The summed E-state index contributed by atoms with van der Waals surface area (Å²) in [4.78, 5) is 19.2. The van der Waals surface area contributed by atoms with Crippen LogP contribution in [0.15, 0.2) is 59.7 Å². The third-order valence-corrected chi connectivity index (χ3v) is 7.28. The molecule has 0 aromatic heterocycles. The summed E-state index contributed by atoms with van der Waals surface area (Å²) >= 11 is 0. The maximum atomic E-state index is 13.0. The number of para-hydroxylation sites is 1. The van der Waals surface area contributed by atoms with Crippen LogP contribution < -0.4 is 15.8 Å². The second-order valence-electron chi connectivity index (χ2n) is 9.69. The van der Waals surface area contributed by atoms with Gasteiger partial charge in [-0.3, -0.25) is 9.69 Å². The highest BCUT2D eigenvalue weighted by Crippen LogP contribution is 2.54. The number of halogens is 3. The normalized spacial score (nSPS) is 20.4. The maximum absolute atomic E-state index is 13.0. The number of nitrogens with zero attached hydrogens (tertiary/aromatic N) is 2. The van der Waals surface area contributed by atoms with E-state index in [1.807, 2.05) is 42.5 Å². The smallest absolute Gasteiger partial charge is 0.401 e. The molecule has 3 aliphatic rings. The number of ether oxygens (including phenoxy) is 1. The number of allylic oxidation sites excluding steroid dienone is 1. The van der Waals surface area contributed by atoms with Gasteiger partial charge in [-0.25, -0.2) is 4.99 Å². The second kappa shape index (κ2) is 9.61. The largest absolute Gasteiger partial charge is 0.488 e. The number of anilines is 1. The van der Waals surface area contributed by atoms with Crippen molar-refractivity contribution in [2.45, 2.75) is 49.8 Å². The summed E-state index contributed by atoms with van der Waals surface area (Å²) in [6.45, 7) is -0.300. The Hall–Kier alpha value is -3.33. The SMILES string of the molecule is NC=CC(=Nc1ccccc1)c1cc(OC2CCN(CC(F)(F)F)CC2)c2c(c1)C1(CCC1)C(=O)N2. The number of rotatable bonds is 6. The molecule has 5 rings (SSSR count). The van der Waals surface area contributed by atoms with Crippen LogP contribution in [0.4, 0.5) is 24.5 Å². The van der Waals surface area contributed by atoms with E-state index in [1.165, 1.54) is 11.1 Å². The Balaban J connectivity index is 1.48. The lowest BCUT2D eigenvalue weighted by Crippen LogP contribution is -2.42. The van der Waals surface area contributed by atoms with Gasteiger partial charge in [0.2, 0.25) is 5.91 Å². The fourth-order valence-electron chi connectivity index (χ4n) is 5.29. The number of aliphatic imine (C=N–C) groups is 1. The minimum absolute atomic E-state index is 0.0262. The van der Waals surface area contributed by atoms with E-state index in [1.54, 1.807) is 6.08 Å². The molecule has 2 heterocycles. The monoisotopic (exact) mass is 498 g/mol. The highest BCUT2D eigenvalue weighted by atomic mass is 19.4. The van der Waals surface area contributed by atoms with E-state index in [4.69, 9.17) is 15.5 Å². The van der Waals surface area contributed by atoms with Gasteiger partial charge in [0.15, 0.2) is 0 Å². The number of likely N-dealkylation sites (tertiary alicyclic amines) is 1. The first-order valence-electron chi connectivity index (χ1n) is 12.3. The summed E-state index contributed by atoms with van der Waals surface area (Å²) in [7, 11) is 0. The number of carbonyl (C=O) groups excluding carboxylic acids is 1. The molecule has 2 fully saturated rings. The van der Waals surface area contributed by atoms with Crippen molar-refractivity contribution in [1.29, 1.82) is 0 Å². The number of hydrogen-bond acceptors (Lipinski definition) is 5. The van der Waals surface area contributed by atoms with E-state index in [0.717, 1.165) is 36.1 Å². The second-order valence-corrected chi connectivity index (χ2v) is 9.69. The van der Waals surface area contributed by atoms with Gasteiger partial charge in [0, 0.05) is 18.7 Å². The zero-order valence-electron chi connectivity index (χ0n) is 19.9. The third-order valence-electron chi connectivity index (χ3n) is 7.28. The number of piperidine rings is 1. The predicted molar refractivity (Wildman–Crippen MR) is 133 cm³/mol. The predicted octanol–water partition coefficient (Wildman–Crippen LogP) is 5.06. The van der Waals surface area contributed by atoms with Gasteiger partial charge in [0.1, 0.15) is 11.9 Å². The van der Waals surface area contributed by atoms with Gasteiger partial charge in [-0.05, 0) is 67.8 Å². The lowest BCUT2D eigenvalue weighted by atomic mass is 9.65. The molecule has 0 radical (unpaired) electrons. The highest BCUT2D eigenvalue weighted by Gasteiger charge is 2.52. The number of nitrogens with one attached hydrogen (secondary N) is 1. The van der Waals surface area contributed by atoms with Crippen LogP contribution in [0.25, 0.3) is 0 Å². The molecule has 9 heteroatoms. The molecule has 6 nitrogen and oxygen atoms in total. The molecule has 36 heavy (non-hydrogen) atoms. The maximum Gasteiger partial charge on any atom is 0.401 e. The fraction of sp³-hybridized carbons (Fsp3) is 0.407. The van der Waals surface area contributed by atoms with Crippen molar-refractivity contribution in [2.24, 2.45) is 10.7 Å². The standard InChI is InChI=1S/C27H29F3N4O2/c28-27(29,30)17-34-13-8-20(9-14-34)36-23-16-18(22(7-12-31)32-19-5-2-1-3-6-19)15-21-24(23)33-25(35)26(21)10-4-11-26/h1-3,5-7,12,15-16,20H,4,8-11,13-14,17,31H2,(H,33,35). The van der Waals surface area contributed by atoms with Crippen molar-refractivity contribution in [1.82, 2.24) is 4.90 Å². The first-order valence-corrected chi connectivity index (χ1v) is 12.3. The number of hydrogen-bond donors (Lipinski definition) is 2. The number of nitrogens with two attached hydrogens (primary N) is 1. The molecule has 0 bridgehead atoms. The number of carbonyl (C=O) groups is 1. The van der Waals surface area contributed by atoms with Crippen LogP contribution in [-0.2, 0) is 10.2 Å². The van der Waals surface area contributed by atoms with Crippen molar-refractivity contribution >= 4 is 23.0 Å². The Morgan fingerprint density at radius 3 is 2.53 bits per heavy atom. The van der Waals surface area contributed by atoms with Gasteiger partial charge in [0.05, 0.1) is 29.0 Å².